The van der Waals surface area contributed by atoms with Crippen LogP contribution in [0.3, 0.4) is 0 Å². The molecule has 18 heavy (non-hydrogen) atoms. The monoisotopic (exact) mass is 248 g/mol. The van der Waals surface area contributed by atoms with Crippen LogP contribution in [0.25, 0.3) is 0 Å². The highest BCUT2D eigenvalue weighted by atomic mass is 16.3. The first-order chi connectivity index (χ1) is 8.63. The molecule has 0 aromatic heterocycles. The third-order valence-corrected chi connectivity index (χ3v) is 3.13. The zero-order valence-electron chi connectivity index (χ0n) is 9.82. The minimum Gasteiger partial charge on any atom is -0.509 e. The summed E-state index contributed by atoms with van der Waals surface area (Å²) < 4.78 is 0. The van der Waals surface area contributed by atoms with Gasteiger partial charge in [-0.25, -0.2) is 0 Å². The Kier molecular flexibility index (Phi) is 3.69. The molecular formula is C14H16O4. The fraction of sp³-hybridized carbons (Fsp3) is 0.286. The molecule has 0 aliphatic heterocycles. The van der Waals surface area contributed by atoms with E-state index in [-0.39, 0.29) is 23.0 Å². The molecule has 4 nitrogen and oxygen atoms in total. The predicted molar refractivity (Wildman–Crippen MR) is 67.3 cm³/mol. The van der Waals surface area contributed by atoms with Crippen molar-refractivity contribution < 1.29 is 20.4 Å². The Labute approximate surface area is 105 Å². The Morgan fingerprint density at radius 1 is 1.22 bits per heavy atom. The van der Waals surface area contributed by atoms with Gasteiger partial charge in [0.1, 0.15) is 18.1 Å². The zero-order chi connectivity index (χ0) is 13.1. The van der Waals surface area contributed by atoms with E-state index in [9.17, 15) is 15.3 Å². The maximum absolute atomic E-state index is 9.94. The zero-order valence-corrected chi connectivity index (χ0v) is 9.82. The minimum absolute atomic E-state index is 0.0182. The predicted octanol–water partition coefficient (Wildman–Crippen LogP) is 1.78. The first-order valence-corrected chi connectivity index (χ1v) is 5.80. The highest BCUT2D eigenvalue weighted by Gasteiger charge is 2.28. The minimum atomic E-state index is -0.979. The molecule has 0 fully saturated rings. The van der Waals surface area contributed by atoms with Crippen molar-refractivity contribution >= 4 is 0 Å². The molecule has 0 heterocycles. The van der Waals surface area contributed by atoms with Crippen molar-refractivity contribution in [1.82, 2.24) is 0 Å². The largest absolute Gasteiger partial charge is 0.509 e. The second-order valence-corrected chi connectivity index (χ2v) is 4.34. The van der Waals surface area contributed by atoms with Crippen molar-refractivity contribution in [3.8, 4) is 0 Å². The maximum Gasteiger partial charge on any atom is 0.127 e. The summed E-state index contributed by atoms with van der Waals surface area (Å²) in [6.45, 7) is -0.597. The third kappa shape index (κ3) is 2.39. The first kappa shape index (κ1) is 12.7. The number of hydrogen-bond acceptors (Lipinski definition) is 4. The lowest BCUT2D eigenvalue weighted by Gasteiger charge is -2.26. The van der Waals surface area contributed by atoms with Gasteiger partial charge < -0.3 is 20.4 Å². The van der Waals surface area contributed by atoms with Gasteiger partial charge in [0.25, 0.3) is 0 Å². The molecule has 96 valence electrons. The normalized spacial score (nSPS) is 26.7. The molecular weight excluding hydrogens is 232 g/mol. The van der Waals surface area contributed by atoms with Crippen molar-refractivity contribution in [1.29, 1.82) is 0 Å². The van der Waals surface area contributed by atoms with Crippen LogP contribution in [0.4, 0.5) is 0 Å². The fourth-order valence-electron chi connectivity index (χ4n) is 2.24. The second kappa shape index (κ2) is 5.25. The van der Waals surface area contributed by atoms with E-state index in [4.69, 9.17) is 5.11 Å². The van der Waals surface area contributed by atoms with E-state index in [0.717, 1.165) is 5.56 Å². The molecule has 2 atom stereocenters. The van der Waals surface area contributed by atoms with Crippen LogP contribution >= 0.6 is 0 Å². The van der Waals surface area contributed by atoms with Crippen LogP contribution in [-0.2, 0) is 0 Å². The number of aliphatic hydroxyl groups excluding tert-OH is 4. The van der Waals surface area contributed by atoms with Crippen LogP contribution in [-0.4, -0.2) is 33.1 Å². The summed E-state index contributed by atoms with van der Waals surface area (Å²) in [6.07, 6.45) is 0.976. The molecule has 1 aliphatic carbocycles. The van der Waals surface area contributed by atoms with Gasteiger partial charge in [0, 0.05) is 5.92 Å². The molecule has 1 aromatic carbocycles. The van der Waals surface area contributed by atoms with E-state index in [1.165, 1.54) is 0 Å². The van der Waals surface area contributed by atoms with Gasteiger partial charge in [0.15, 0.2) is 0 Å². The summed E-state index contributed by atoms with van der Waals surface area (Å²) in [6, 6.07) is 9.52. The number of rotatable bonds is 2. The van der Waals surface area contributed by atoms with Gasteiger partial charge in [-0.1, -0.05) is 30.3 Å². The average Bonchev–Trinajstić information content (AvgIpc) is 2.38. The van der Waals surface area contributed by atoms with Crippen molar-refractivity contribution in [2.45, 2.75) is 18.4 Å². The molecule has 0 amide bonds. The molecule has 1 aliphatic rings. The number of hydrogen-bond donors (Lipinski definition) is 4. The van der Waals surface area contributed by atoms with Gasteiger partial charge in [0.2, 0.25) is 0 Å². The van der Waals surface area contributed by atoms with Crippen LogP contribution < -0.4 is 0 Å². The molecule has 0 bridgehead atoms. The molecule has 4 N–H and O–H groups in total. The Morgan fingerprint density at radius 2 is 1.89 bits per heavy atom. The topological polar surface area (TPSA) is 80.9 Å². The van der Waals surface area contributed by atoms with Crippen LogP contribution in [0, 0.1) is 0 Å². The second-order valence-electron chi connectivity index (χ2n) is 4.34. The lowest BCUT2D eigenvalue weighted by atomic mass is 9.84. The molecule has 2 unspecified atom stereocenters. The fourth-order valence-corrected chi connectivity index (χ4v) is 2.24. The maximum atomic E-state index is 9.94. The van der Waals surface area contributed by atoms with Gasteiger partial charge in [-0.2, -0.15) is 0 Å². The van der Waals surface area contributed by atoms with Crippen molar-refractivity contribution in [2.75, 3.05) is 6.61 Å². The molecule has 2 rings (SSSR count). The van der Waals surface area contributed by atoms with E-state index in [0.29, 0.717) is 6.42 Å². The summed E-state index contributed by atoms with van der Waals surface area (Å²) >= 11 is 0. The van der Waals surface area contributed by atoms with Crippen LogP contribution in [0.15, 0.2) is 53.5 Å². The van der Waals surface area contributed by atoms with E-state index >= 15 is 0 Å². The summed E-state index contributed by atoms with van der Waals surface area (Å²) in [4.78, 5) is 0. The van der Waals surface area contributed by atoms with Gasteiger partial charge >= 0.3 is 0 Å². The highest BCUT2D eigenvalue weighted by Crippen LogP contribution is 2.34. The lowest BCUT2D eigenvalue weighted by molar-refractivity contribution is 0.163. The lowest BCUT2D eigenvalue weighted by Crippen LogP contribution is -2.23. The molecule has 1 aromatic rings. The van der Waals surface area contributed by atoms with E-state index in [2.05, 4.69) is 0 Å². The Balaban J connectivity index is 2.34. The Hall–Kier alpha value is -1.78. The summed E-state index contributed by atoms with van der Waals surface area (Å²) in [7, 11) is 0. The number of allylic oxidation sites excluding steroid dienone is 1. The summed E-state index contributed by atoms with van der Waals surface area (Å²) in [5, 5.41) is 38.1. The quantitative estimate of drug-likeness (QED) is 0.601. The van der Waals surface area contributed by atoms with Gasteiger partial charge in [-0.15, -0.1) is 0 Å². The van der Waals surface area contributed by atoms with E-state index in [1.54, 1.807) is 6.08 Å². The van der Waals surface area contributed by atoms with Crippen molar-refractivity contribution in [3.63, 3.8) is 0 Å². The SMILES string of the molecule is OC/C(O)=C1\C(O)=CC(c2ccccc2)CC1O. The molecule has 0 saturated carbocycles. The van der Waals surface area contributed by atoms with Gasteiger partial charge in [-0.3, -0.25) is 0 Å². The van der Waals surface area contributed by atoms with E-state index < -0.39 is 12.7 Å². The van der Waals surface area contributed by atoms with E-state index in [1.807, 2.05) is 30.3 Å². The summed E-state index contributed by atoms with van der Waals surface area (Å²) in [5.41, 5.74) is 1.01. The number of benzene rings is 1. The first-order valence-electron chi connectivity index (χ1n) is 5.80. The van der Waals surface area contributed by atoms with Gasteiger partial charge in [0.05, 0.1) is 11.7 Å². The van der Waals surface area contributed by atoms with Crippen molar-refractivity contribution in [3.05, 3.63) is 59.1 Å². The average molecular weight is 248 g/mol. The summed E-state index contributed by atoms with van der Waals surface area (Å²) in [5.74, 6) is -0.659. The third-order valence-electron chi connectivity index (χ3n) is 3.13. The van der Waals surface area contributed by atoms with Crippen molar-refractivity contribution in [2.24, 2.45) is 0 Å². The molecule has 0 spiro atoms. The van der Waals surface area contributed by atoms with Crippen LogP contribution in [0.5, 0.6) is 0 Å². The Bertz CT molecular complexity index is 476. The van der Waals surface area contributed by atoms with Crippen LogP contribution in [0.1, 0.15) is 17.9 Å². The molecule has 4 heteroatoms. The van der Waals surface area contributed by atoms with Gasteiger partial charge in [-0.05, 0) is 18.1 Å². The highest BCUT2D eigenvalue weighted by molar-refractivity contribution is 5.39. The van der Waals surface area contributed by atoms with Crippen LogP contribution in [0.2, 0.25) is 0 Å². The molecule has 0 saturated heterocycles. The smallest absolute Gasteiger partial charge is 0.127 e. The Morgan fingerprint density at radius 3 is 2.44 bits per heavy atom. The standard InChI is InChI=1S/C14H16O4/c15-8-13(18)14-11(16)6-10(7-12(14)17)9-4-2-1-3-5-9/h1-6,10,12,15-18H,7-8H2/b14-13-. The number of aliphatic hydroxyl groups is 4. The molecule has 0 radical (unpaired) electrons.